The predicted molar refractivity (Wildman–Crippen MR) is 65.7 cm³/mol. The van der Waals surface area contributed by atoms with Crippen molar-refractivity contribution in [3.8, 4) is 0 Å². The first kappa shape index (κ1) is 12.3. The topological polar surface area (TPSA) is 96.6 Å². The van der Waals surface area contributed by atoms with Crippen molar-refractivity contribution in [3.63, 3.8) is 0 Å². The number of thiophene rings is 1. The minimum absolute atomic E-state index is 0.0202. The lowest BCUT2D eigenvalue weighted by Gasteiger charge is -2.05. The Hall–Kier alpha value is -2.15. The molecule has 2 heterocycles. The van der Waals surface area contributed by atoms with Crippen LogP contribution in [0.15, 0.2) is 17.1 Å². The van der Waals surface area contributed by atoms with Gasteiger partial charge in [0.1, 0.15) is 15.3 Å². The van der Waals surface area contributed by atoms with Crippen LogP contribution in [0, 0.1) is 0 Å². The van der Waals surface area contributed by atoms with E-state index in [0.29, 0.717) is 11.4 Å². The number of carboxylic acid groups (broad SMARTS) is 2. The van der Waals surface area contributed by atoms with Crippen LogP contribution >= 0.6 is 11.3 Å². The molecule has 0 aliphatic rings. The van der Waals surface area contributed by atoms with Crippen LogP contribution in [0.1, 0.15) is 27.0 Å². The fourth-order valence-corrected chi connectivity index (χ4v) is 2.70. The average Bonchev–Trinajstić information content (AvgIpc) is 2.74. The molecular weight excluding hydrogens is 258 g/mol. The third-order valence-corrected chi connectivity index (χ3v) is 3.69. The second-order valence-corrected chi connectivity index (χ2v) is 4.63. The van der Waals surface area contributed by atoms with Crippen molar-refractivity contribution < 1.29 is 19.8 Å². The number of aryl methyl sites for hydroxylation is 1. The Balaban J connectivity index is 2.90. The molecule has 0 amide bonds. The minimum atomic E-state index is -1.31. The molecule has 2 aromatic heterocycles. The van der Waals surface area contributed by atoms with E-state index in [4.69, 9.17) is 10.2 Å². The maximum atomic E-state index is 11.9. The predicted octanol–water partition coefficient (Wildman–Crippen LogP) is 1.48. The van der Waals surface area contributed by atoms with Gasteiger partial charge >= 0.3 is 11.9 Å². The zero-order valence-electron chi connectivity index (χ0n) is 9.34. The lowest BCUT2D eigenvalue weighted by atomic mass is 10.2. The molecule has 2 N–H and O–H groups in total. The van der Waals surface area contributed by atoms with Crippen LogP contribution < -0.4 is 5.43 Å². The summed E-state index contributed by atoms with van der Waals surface area (Å²) in [7, 11) is 0. The Morgan fingerprint density at radius 3 is 2.50 bits per heavy atom. The molecule has 0 saturated heterocycles. The normalized spacial score (nSPS) is 10.7. The molecule has 0 atom stereocenters. The molecule has 0 spiro atoms. The van der Waals surface area contributed by atoms with Gasteiger partial charge in [-0.3, -0.25) is 4.79 Å². The largest absolute Gasteiger partial charge is 0.477 e. The number of pyridine rings is 1. The minimum Gasteiger partial charge on any atom is -0.477 e. The first-order chi connectivity index (χ1) is 8.45. The summed E-state index contributed by atoms with van der Waals surface area (Å²) < 4.78 is 1.57. The number of hydrogen-bond acceptors (Lipinski definition) is 4. The molecule has 0 aliphatic heterocycles. The van der Waals surface area contributed by atoms with E-state index in [-0.39, 0.29) is 15.8 Å². The molecule has 2 rings (SSSR count). The first-order valence-electron chi connectivity index (χ1n) is 5.09. The summed E-state index contributed by atoms with van der Waals surface area (Å²) in [5.74, 6) is -2.44. The van der Waals surface area contributed by atoms with Gasteiger partial charge in [-0.05, 0) is 13.0 Å². The Morgan fingerprint density at radius 2 is 2.00 bits per heavy atom. The molecule has 0 radical (unpaired) electrons. The van der Waals surface area contributed by atoms with Crippen molar-refractivity contribution in [1.82, 2.24) is 4.57 Å². The van der Waals surface area contributed by atoms with Crippen LogP contribution in [-0.2, 0) is 6.54 Å². The van der Waals surface area contributed by atoms with Gasteiger partial charge in [-0.1, -0.05) is 0 Å². The maximum Gasteiger partial charge on any atom is 0.345 e. The summed E-state index contributed by atoms with van der Waals surface area (Å²) in [5.41, 5.74) is -0.995. The molecular formula is C11H9NO5S. The molecule has 0 aliphatic carbocycles. The summed E-state index contributed by atoms with van der Waals surface area (Å²) in [6, 6.07) is 1.23. The number of hydrogen-bond donors (Lipinski definition) is 2. The molecule has 2 aromatic rings. The highest BCUT2D eigenvalue weighted by molar-refractivity contribution is 7.20. The quantitative estimate of drug-likeness (QED) is 0.878. The highest BCUT2D eigenvalue weighted by Crippen LogP contribution is 2.24. The number of aromatic carboxylic acids is 2. The Kier molecular flexibility index (Phi) is 2.92. The van der Waals surface area contributed by atoms with Crippen LogP contribution in [0.4, 0.5) is 0 Å². The smallest absolute Gasteiger partial charge is 0.345 e. The lowest BCUT2D eigenvalue weighted by Crippen LogP contribution is -2.17. The molecule has 0 saturated carbocycles. The van der Waals surface area contributed by atoms with Crippen LogP contribution in [0.5, 0.6) is 0 Å². The second-order valence-electron chi connectivity index (χ2n) is 3.60. The van der Waals surface area contributed by atoms with E-state index in [1.54, 1.807) is 11.5 Å². The summed E-state index contributed by atoms with van der Waals surface area (Å²) in [4.78, 5) is 34.2. The Labute approximate surface area is 105 Å². The Bertz CT molecular complexity index is 712. The third-order valence-electron chi connectivity index (χ3n) is 2.53. The summed E-state index contributed by atoms with van der Waals surface area (Å²) >= 11 is 0.962. The molecule has 0 fully saturated rings. The molecule has 0 unspecified atom stereocenters. The first-order valence-corrected chi connectivity index (χ1v) is 5.91. The molecule has 7 heteroatoms. The number of nitrogens with zero attached hydrogens (tertiary/aromatic N) is 1. The van der Waals surface area contributed by atoms with E-state index >= 15 is 0 Å². The number of carbonyl (C=O) groups is 2. The maximum absolute atomic E-state index is 11.9. The molecule has 0 aromatic carbocycles. The molecule has 94 valence electrons. The Morgan fingerprint density at radius 1 is 1.33 bits per heavy atom. The van der Waals surface area contributed by atoms with Gasteiger partial charge in [0, 0.05) is 12.7 Å². The number of carboxylic acids is 2. The lowest BCUT2D eigenvalue weighted by molar-refractivity contribution is 0.0687. The van der Waals surface area contributed by atoms with Gasteiger partial charge < -0.3 is 14.8 Å². The van der Waals surface area contributed by atoms with E-state index in [2.05, 4.69) is 0 Å². The van der Waals surface area contributed by atoms with E-state index in [1.807, 2.05) is 0 Å². The zero-order valence-corrected chi connectivity index (χ0v) is 10.2. The van der Waals surface area contributed by atoms with Crippen LogP contribution in [0.2, 0.25) is 0 Å². The van der Waals surface area contributed by atoms with E-state index < -0.39 is 17.4 Å². The van der Waals surface area contributed by atoms with E-state index in [0.717, 1.165) is 11.3 Å². The number of aromatic nitrogens is 1. The summed E-state index contributed by atoms with van der Waals surface area (Å²) in [6.07, 6.45) is 1.25. The van der Waals surface area contributed by atoms with Crippen molar-refractivity contribution in [1.29, 1.82) is 0 Å². The molecule has 18 heavy (non-hydrogen) atoms. The average molecular weight is 267 g/mol. The van der Waals surface area contributed by atoms with Crippen molar-refractivity contribution in [2.75, 3.05) is 0 Å². The van der Waals surface area contributed by atoms with Crippen molar-refractivity contribution in [2.24, 2.45) is 0 Å². The third kappa shape index (κ3) is 1.78. The summed E-state index contributed by atoms with van der Waals surface area (Å²) in [5, 5.41) is 18.0. The molecule has 0 bridgehead atoms. The van der Waals surface area contributed by atoms with Crippen molar-refractivity contribution in [2.45, 2.75) is 13.5 Å². The van der Waals surface area contributed by atoms with Gasteiger partial charge in [-0.25, -0.2) is 9.59 Å². The second kappa shape index (κ2) is 4.26. The monoisotopic (exact) mass is 267 g/mol. The van der Waals surface area contributed by atoms with E-state index in [1.165, 1.54) is 12.3 Å². The summed E-state index contributed by atoms with van der Waals surface area (Å²) in [6.45, 7) is 2.24. The van der Waals surface area contributed by atoms with Crippen LogP contribution in [0.25, 0.3) is 10.2 Å². The fraction of sp³-hybridized carbons (Fsp3) is 0.182. The van der Waals surface area contributed by atoms with Crippen molar-refractivity contribution >= 4 is 33.5 Å². The van der Waals surface area contributed by atoms with Crippen molar-refractivity contribution in [3.05, 3.63) is 32.9 Å². The highest BCUT2D eigenvalue weighted by Gasteiger charge is 2.18. The van der Waals surface area contributed by atoms with Gasteiger partial charge in [0.2, 0.25) is 5.43 Å². The van der Waals surface area contributed by atoms with Gasteiger partial charge in [0.25, 0.3) is 0 Å². The van der Waals surface area contributed by atoms with Crippen LogP contribution in [0.3, 0.4) is 0 Å². The number of rotatable bonds is 3. The van der Waals surface area contributed by atoms with Gasteiger partial charge in [0.05, 0.1) is 5.39 Å². The highest BCUT2D eigenvalue weighted by atomic mass is 32.1. The fourth-order valence-electron chi connectivity index (χ4n) is 1.67. The van der Waals surface area contributed by atoms with Gasteiger partial charge in [-0.15, -0.1) is 11.3 Å². The zero-order chi connectivity index (χ0) is 13.4. The van der Waals surface area contributed by atoms with Gasteiger partial charge in [-0.2, -0.15) is 0 Å². The SMILES string of the molecule is CCn1cc(C(=O)O)c(=O)c2cc(C(=O)O)sc21. The van der Waals surface area contributed by atoms with Gasteiger partial charge in [0.15, 0.2) is 0 Å². The molecule has 6 nitrogen and oxygen atoms in total. The number of fused-ring (bicyclic) bond motifs is 1. The van der Waals surface area contributed by atoms with Crippen LogP contribution in [-0.4, -0.2) is 26.7 Å². The van der Waals surface area contributed by atoms with E-state index in [9.17, 15) is 14.4 Å². The standard InChI is InChI=1S/C11H9NO5S/c1-2-12-4-6(10(14)15)8(13)5-3-7(11(16)17)18-9(5)12/h3-4H,2H2,1H3,(H,14,15)(H,16,17).